The molecule has 0 aliphatic carbocycles. The van der Waals surface area contributed by atoms with Gasteiger partial charge in [-0.15, -0.1) is 0 Å². The number of nitrogens with one attached hydrogen (secondary N) is 2. The van der Waals surface area contributed by atoms with E-state index in [0.717, 1.165) is 50.4 Å². The van der Waals surface area contributed by atoms with Gasteiger partial charge in [0.15, 0.2) is 0 Å². The number of hydrogen-bond acceptors (Lipinski definition) is 2. The lowest BCUT2D eigenvalue weighted by Crippen LogP contribution is -2.01. The van der Waals surface area contributed by atoms with Gasteiger partial charge in [-0.2, -0.15) is 0 Å². The first-order chi connectivity index (χ1) is 20.2. The monoisotopic (exact) mass is 546 g/mol. The maximum atomic E-state index is 5.38. The van der Waals surface area contributed by atoms with Crippen LogP contribution in [-0.2, 0) is 0 Å². The van der Waals surface area contributed by atoms with Crippen LogP contribution in [0.5, 0.6) is 0 Å². The fourth-order valence-corrected chi connectivity index (χ4v) is 6.73. The lowest BCUT2D eigenvalue weighted by atomic mass is 9.84. The summed E-state index contributed by atoms with van der Waals surface area (Å²) in [7, 11) is 0. The molecule has 0 radical (unpaired) electrons. The molecule has 2 N–H and O–H groups in total. The maximum absolute atomic E-state index is 5.38. The van der Waals surface area contributed by atoms with Gasteiger partial charge < -0.3 is 9.97 Å². The Labute approximate surface area is 246 Å². The van der Waals surface area contributed by atoms with Crippen LogP contribution in [0.1, 0.15) is 67.3 Å². The van der Waals surface area contributed by atoms with Crippen molar-refractivity contribution in [3.63, 3.8) is 0 Å². The highest BCUT2D eigenvalue weighted by Crippen LogP contribution is 2.44. The van der Waals surface area contributed by atoms with Crippen molar-refractivity contribution in [1.82, 2.24) is 19.9 Å². The molecule has 0 saturated carbocycles. The average molecular weight is 547 g/mol. The van der Waals surface area contributed by atoms with Crippen molar-refractivity contribution in [3.05, 3.63) is 140 Å². The zero-order valence-electron chi connectivity index (χ0n) is 25.0. The number of fused-ring (bicyclic) bond motifs is 8. The molecule has 3 aromatic heterocycles. The van der Waals surface area contributed by atoms with Crippen molar-refractivity contribution in [2.45, 2.75) is 41.5 Å². The Kier molecular flexibility index (Phi) is 6.09. The molecular weight excluding hydrogens is 512 g/mol. The van der Waals surface area contributed by atoms with Gasteiger partial charge in [-0.1, -0.05) is 35.4 Å². The van der Waals surface area contributed by atoms with Crippen molar-refractivity contribution < 1.29 is 0 Å². The van der Waals surface area contributed by atoms with E-state index in [1.807, 2.05) is 0 Å². The van der Waals surface area contributed by atoms with Crippen molar-refractivity contribution in [2.24, 2.45) is 0 Å². The SMILES string of the molecule is Cc1cc(C)c(C2=C(c3c(C)cc(C)cc3C)c3cc4ccc(cc5ccc(cc6nc(cc2n3)C=C6)[nH]5)[nH]4)c(C)c1. The highest BCUT2D eigenvalue weighted by Gasteiger charge is 2.27. The summed E-state index contributed by atoms with van der Waals surface area (Å²) in [5.41, 5.74) is 20.1. The lowest BCUT2D eigenvalue weighted by Gasteiger charge is -2.18. The van der Waals surface area contributed by atoms with Gasteiger partial charge in [0.2, 0.25) is 0 Å². The summed E-state index contributed by atoms with van der Waals surface area (Å²) in [6, 6.07) is 26.1. The molecule has 42 heavy (non-hydrogen) atoms. The van der Waals surface area contributed by atoms with Crippen molar-refractivity contribution in [3.8, 4) is 0 Å². The molecule has 0 atom stereocenters. The second-order valence-corrected chi connectivity index (χ2v) is 11.8. The summed E-state index contributed by atoms with van der Waals surface area (Å²) in [6.07, 6.45) is 4.15. The van der Waals surface area contributed by atoms with Gasteiger partial charge in [-0.05, 0) is 136 Å². The van der Waals surface area contributed by atoms with E-state index in [2.05, 4.69) is 136 Å². The molecule has 0 fully saturated rings. The Morgan fingerprint density at radius 2 is 0.833 bits per heavy atom. The molecule has 2 aliphatic rings. The molecule has 4 nitrogen and oxygen atoms in total. The molecule has 0 saturated heterocycles. The highest BCUT2D eigenvalue weighted by atomic mass is 14.8. The number of rotatable bonds is 2. The number of hydrogen-bond donors (Lipinski definition) is 2. The first-order valence-corrected chi connectivity index (χ1v) is 14.5. The van der Waals surface area contributed by atoms with E-state index in [-0.39, 0.29) is 0 Å². The summed E-state index contributed by atoms with van der Waals surface area (Å²) in [6.45, 7) is 13.2. The van der Waals surface area contributed by atoms with Crippen LogP contribution in [0.15, 0.2) is 72.8 Å². The Bertz CT molecular complexity index is 2100. The molecule has 0 spiro atoms. The summed E-state index contributed by atoms with van der Waals surface area (Å²) >= 11 is 0. The minimum atomic E-state index is 0.894. The Morgan fingerprint density at radius 3 is 1.33 bits per heavy atom. The van der Waals surface area contributed by atoms with E-state index in [0.29, 0.717) is 0 Å². The quantitative estimate of drug-likeness (QED) is 0.227. The molecule has 206 valence electrons. The van der Waals surface area contributed by atoms with E-state index < -0.39 is 0 Å². The number of benzene rings is 2. The van der Waals surface area contributed by atoms with Gasteiger partial charge in [0.1, 0.15) is 0 Å². The molecule has 2 aromatic carbocycles. The summed E-state index contributed by atoms with van der Waals surface area (Å²) < 4.78 is 0. The number of aryl methyl sites for hydroxylation is 6. The largest absolute Gasteiger partial charge is 0.355 e. The predicted molar refractivity (Wildman–Crippen MR) is 176 cm³/mol. The van der Waals surface area contributed by atoms with Crippen LogP contribution in [-0.4, -0.2) is 19.9 Å². The van der Waals surface area contributed by atoms with Crippen LogP contribution in [0.4, 0.5) is 0 Å². The van der Waals surface area contributed by atoms with Gasteiger partial charge in [0.05, 0.1) is 22.8 Å². The zero-order chi connectivity index (χ0) is 29.1. The van der Waals surface area contributed by atoms with Gasteiger partial charge in [0, 0.05) is 33.2 Å². The van der Waals surface area contributed by atoms with Gasteiger partial charge in [-0.25, -0.2) is 9.97 Å². The van der Waals surface area contributed by atoms with Crippen molar-refractivity contribution in [1.29, 1.82) is 0 Å². The van der Waals surface area contributed by atoms with E-state index in [4.69, 9.17) is 9.97 Å². The van der Waals surface area contributed by atoms with Crippen LogP contribution in [0.3, 0.4) is 0 Å². The maximum Gasteiger partial charge on any atom is 0.0744 e. The average Bonchev–Trinajstić information content (AvgIpc) is 3.70. The van der Waals surface area contributed by atoms with E-state index in [1.54, 1.807) is 0 Å². The molecule has 4 heteroatoms. The molecule has 0 amide bonds. The van der Waals surface area contributed by atoms with Crippen LogP contribution in [0, 0.1) is 41.5 Å². The summed E-state index contributed by atoms with van der Waals surface area (Å²) in [5.74, 6) is 0. The predicted octanol–water partition coefficient (Wildman–Crippen LogP) is 9.34. The second-order valence-electron chi connectivity index (χ2n) is 11.8. The van der Waals surface area contributed by atoms with Crippen LogP contribution in [0.25, 0.3) is 45.4 Å². The van der Waals surface area contributed by atoms with Gasteiger partial charge >= 0.3 is 0 Å². The van der Waals surface area contributed by atoms with E-state index in [1.165, 1.54) is 50.1 Å². The first-order valence-electron chi connectivity index (χ1n) is 14.5. The zero-order valence-corrected chi connectivity index (χ0v) is 25.0. The number of nitrogens with zero attached hydrogens (tertiary/aromatic N) is 2. The smallest absolute Gasteiger partial charge is 0.0744 e. The molecule has 8 bridgehead atoms. The molecular formula is C38H34N4. The highest BCUT2D eigenvalue weighted by molar-refractivity contribution is 6.08. The second kappa shape index (κ2) is 9.85. The molecule has 2 aliphatic heterocycles. The lowest BCUT2D eigenvalue weighted by molar-refractivity contribution is 1.24. The topological polar surface area (TPSA) is 57.4 Å². The summed E-state index contributed by atoms with van der Waals surface area (Å²) in [5, 5.41) is 0. The summed E-state index contributed by atoms with van der Waals surface area (Å²) in [4.78, 5) is 17.4. The minimum Gasteiger partial charge on any atom is -0.355 e. The van der Waals surface area contributed by atoms with E-state index in [9.17, 15) is 0 Å². The minimum absolute atomic E-state index is 0.894. The molecule has 0 unspecified atom stereocenters. The Morgan fingerprint density at radius 1 is 0.429 bits per heavy atom. The Hall–Kier alpha value is -4.96. The molecule has 5 aromatic rings. The van der Waals surface area contributed by atoms with Crippen LogP contribution < -0.4 is 0 Å². The fourth-order valence-electron chi connectivity index (χ4n) is 6.73. The third-order valence-electron chi connectivity index (χ3n) is 8.19. The Balaban J connectivity index is 1.66. The third-order valence-corrected chi connectivity index (χ3v) is 8.19. The normalized spacial score (nSPS) is 12.8. The van der Waals surface area contributed by atoms with Crippen molar-refractivity contribution >= 4 is 45.4 Å². The van der Waals surface area contributed by atoms with Crippen LogP contribution >= 0.6 is 0 Å². The fraction of sp³-hybridized carbons (Fsp3) is 0.158. The van der Waals surface area contributed by atoms with Crippen LogP contribution in [0.2, 0.25) is 0 Å². The molecule has 5 heterocycles. The number of aromatic amines is 2. The standard InChI is InChI=1S/C38H34N4/c1-21-13-23(3)35(24(4)14-21)37-33-19-31-11-9-29(40-31)17-27-7-8-28(39-27)18-30-10-12-32(41-30)20-34(42-33)38(37)36-25(5)15-22(2)16-26(36)6/h7-20,39-40H,1-6H3. The number of aromatic nitrogens is 4. The van der Waals surface area contributed by atoms with Crippen molar-refractivity contribution in [2.75, 3.05) is 0 Å². The van der Waals surface area contributed by atoms with Gasteiger partial charge in [-0.3, -0.25) is 0 Å². The van der Waals surface area contributed by atoms with E-state index >= 15 is 0 Å². The molecule has 7 rings (SSSR count). The third kappa shape index (κ3) is 4.59. The van der Waals surface area contributed by atoms with Gasteiger partial charge in [0.25, 0.3) is 0 Å². The number of H-pyrrole nitrogens is 2. The first kappa shape index (κ1) is 26.0.